The summed E-state index contributed by atoms with van der Waals surface area (Å²) in [5, 5.41) is 11.3. The fraction of sp³-hybridized carbons (Fsp3) is 0.200. The second-order valence-electron chi connectivity index (χ2n) is 4.74. The molecule has 0 bridgehead atoms. The molecule has 2 N–H and O–H groups in total. The second kappa shape index (κ2) is 5.26. The molecule has 2 heterocycles. The van der Waals surface area contributed by atoms with Crippen LogP contribution in [0.4, 0.5) is 0 Å². The molecule has 0 aliphatic carbocycles. The van der Waals surface area contributed by atoms with E-state index in [4.69, 9.17) is 0 Å². The summed E-state index contributed by atoms with van der Waals surface area (Å²) in [5.41, 5.74) is 3.96. The van der Waals surface area contributed by atoms with Gasteiger partial charge in [0, 0.05) is 11.8 Å². The number of aromatic nitrogens is 3. The number of aliphatic hydroxyl groups excluding tert-OH is 1. The van der Waals surface area contributed by atoms with Crippen molar-refractivity contribution in [2.45, 2.75) is 30.1 Å². The zero-order valence-corrected chi connectivity index (χ0v) is 12.1. The first kappa shape index (κ1) is 13.1. The molecule has 0 amide bonds. The Labute approximate surface area is 121 Å². The van der Waals surface area contributed by atoms with Crippen LogP contribution >= 0.6 is 11.8 Å². The van der Waals surface area contributed by atoms with E-state index in [9.17, 15) is 5.11 Å². The van der Waals surface area contributed by atoms with Crippen LogP contribution in [0.15, 0.2) is 46.7 Å². The fourth-order valence-electron chi connectivity index (χ4n) is 2.05. The Morgan fingerprint density at radius 2 is 2.15 bits per heavy atom. The molecule has 0 radical (unpaired) electrons. The van der Waals surface area contributed by atoms with Crippen molar-refractivity contribution in [2.24, 2.45) is 0 Å². The molecule has 20 heavy (non-hydrogen) atoms. The molecular formula is C15H15N3OS. The molecule has 1 aromatic carbocycles. The number of rotatable bonds is 3. The van der Waals surface area contributed by atoms with Gasteiger partial charge in [0.2, 0.25) is 0 Å². The van der Waals surface area contributed by atoms with E-state index in [0.717, 1.165) is 26.8 Å². The quantitative estimate of drug-likeness (QED) is 0.773. The predicted octanol–water partition coefficient (Wildman–Crippen LogP) is 3.47. The number of aromatic amines is 1. The smallest absolute Gasteiger partial charge is 0.172 e. The van der Waals surface area contributed by atoms with Crippen LogP contribution in [-0.4, -0.2) is 20.1 Å². The number of pyridine rings is 1. The molecule has 3 rings (SSSR count). The van der Waals surface area contributed by atoms with Gasteiger partial charge in [-0.1, -0.05) is 12.1 Å². The van der Waals surface area contributed by atoms with Crippen LogP contribution in [0, 0.1) is 6.92 Å². The Bertz CT molecular complexity index is 752. The summed E-state index contributed by atoms with van der Waals surface area (Å²) in [7, 11) is 0. The SMILES string of the molecule is Cc1ccc2nc(Sc3ncccc3[C@H](C)O)[nH]c2c1. The van der Waals surface area contributed by atoms with Crippen LogP contribution < -0.4 is 0 Å². The van der Waals surface area contributed by atoms with Gasteiger partial charge in [0.1, 0.15) is 5.03 Å². The number of imidazole rings is 1. The molecule has 0 saturated carbocycles. The van der Waals surface area contributed by atoms with Crippen molar-refractivity contribution in [2.75, 3.05) is 0 Å². The van der Waals surface area contributed by atoms with Gasteiger partial charge in [-0.25, -0.2) is 9.97 Å². The van der Waals surface area contributed by atoms with Gasteiger partial charge in [0.15, 0.2) is 5.16 Å². The molecule has 3 aromatic rings. The van der Waals surface area contributed by atoms with Crippen LogP contribution in [0.25, 0.3) is 11.0 Å². The maximum absolute atomic E-state index is 9.77. The summed E-state index contributed by atoms with van der Waals surface area (Å²) in [5.74, 6) is 0. The first-order chi connectivity index (χ1) is 9.63. The molecule has 0 spiro atoms. The van der Waals surface area contributed by atoms with Gasteiger partial charge in [-0.2, -0.15) is 0 Å². The molecule has 4 nitrogen and oxygen atoms in total. The minimum Gasteiger partial charge on any atom is -0.389 e. The van der Waals surface area contributed by atoms with Crippen molar-refractivity contribution in [3.63, 3.8) is 0 Å². The molecule has 0 fully saturated rings. The van der Waals surface area contributed by atoms with E-state index in [0.29, 0.717) is 0 Å². The summed E-state index contributed by atoms with van der Waals surface area (Å²) >= 11 is 1.44. The summed E-state index contributed by atoms with van der Waals surface area (Å²) in [6.07, 6.45) is 1.18. The molecule has 2 aromatic heterocycles. The van der Waals surface area contributed by atoms with Crippen LogP contribution in [-0.2, 0) is 0 Å². The highest BCUT2D eigenvalue weighted by molar-refractivity contribution is 7.99. The van der Waals surface area contributed by atoms with Crippen molar-refractivity contribution in [1.29, 1.82) is 0 Å². The van der Waals surface area contributed by atoms with E-state index in [1.807, 2.05) is 24.3 Å². The average Bonchev–Trinajstić information content (AvgIpc) is 2.80. The number of fused-ring (bicyclic) bond motifs is 1. The highest BCUT2D eigenvalue weighted by Gasteiger charge is 2.12. The number of benzene rings is 1. The Morgan fingerprint density at radius 1 is 1.30 bits per heavy atom. The van der Waals surface area contributed by atoms with Crippen LogP contribution in [0.3, 0.4) is 0 Å². The molecule has 0 saturated heterocycles. The topological polar surface area (TPSA) is 61.8 Å². The van der Waals surface area contributed by atoms with Crippen LogP contribution in [0.2, 0.25) is 0 Å². The van der Waals surface area contributed by atoms with Crippen molar-refractivity contribution in [3.05, 3.63) is 47.7 Å². The maximum Gasteiger partial charge on any atom is 0.172 e. The van der Waals surface area contributed by atoms with Crippen molar-refractivity contribution >= 4 is 22.8 Å². The lowest BCUT2D eigenvalue weighted by Gasteiger charge is -2.08. The number of nitrogens with zero attached hydrogens (tertiary/aromatic N) is 2. The van der Waals surface area contributed by atoms with Gasteiger partial charge in [-0.15, -0.1) is 0 Å². The van der Waals surface area contributed by atoms with Gasteiger partial charge >= 0.3 is 0 Å². The van der Waals surface area contributed by atoms with E-state index in [1.165, 1.54) is 17.3 Å². The number of nitrogens with one attached hydrogen (secondary N) is 1. The second-order valence-corrected chi connectivity index (χ2v) is 5.72. The van der Waals surface area contributed by atoms with E-state index in [2.05, 4.69) is 27.9 Å². The highest BCUT2D eigenvalue weighted by atomic mass is 32.2. The first-order valence-electron chi connectivity index (χ1n) is 6.40. The van der Waals surface area contributed by atoms with Crippen molar-refractivity contribution in [3.8, 4) is 0 Å². The van der Waals surface area contributed by atoms with E-state index in [-0.39, 0.29) is 0 Å². The van der Waals surface area contributed by atoms with Gasteiger partial charge in [-0.05, 0) is 49.4 Å². The lowest BCUT2D eigenvalue weighted by molar-refractivity contribution is 0.195. The van der Waals surface area contributed by atoms with Gasteiger partial charge in [0.25, 0.3) is 0 Å². The summed E-state index contributed by atoms with van der Waals surface area (Å²) in [6, 6.07) is 9.82. The van der Waals surface area contributed by atoms with Gasteiger partial charge in [-0.3, -0.25) is 0 Å². The van der Waals surface area contributed by atoms with Crippen LogP contribution in [0.5, 0.6) is 0 Å². The number of aryl methyl sites for hydroxylation is 1. The normalized spacial score (nSPS) is 12.8. The lowest BCUT2D eigenvalue weighted by atomic mass is 10.2. The fourth-order valence-corrected chi connectivity index (χ4v) is 3.00. The minimum atomic E-state index is -0.544. The van der Waals surface area contributed by atoms with Crippen molar-refractivity contribution in [1.82, 2.24) is 15.0 Å². The zero-order valence-electron chi connectivity index (χ0n) is 11.3. The summed E-state index contributed by atoms with van der Waals surface area (Å²) in [4.78, 5) is 12.1. The third-order valence-corrected chi connectivity index (χ3v) is 3.98. The number of aliphatic hydroxyl groups is 1. The Balaban J connectivity index is 1.97. The molecule has 102 valence electrons. The molecule has 0 unspecified atom stereocenters. The Kier molecular flexibility index (Phi) is 3.46. The summed E-state index contributed by atoms with van der Waals surface area (Å²) < 4.78 is 0. The van der Waals surface area contributed by atoms with Crippen LogP contribution in [0.1, 0.15) is 24.2 Å². The molecular weight excluding hydrogens is 270 g/mol. The van der Waals surface area contributed by atoms with E-state index < -0.39 is 6.10 Å². The van der Waals surface area contributed by atoms with Gasteiger partial charge < -0.3 is 10.1 Å². The maximum atomic E-state index is 9.77. The Hall–Kier alpha value is -1.85. The lowest BCUT2D eigenvalue weighted by Crippen LogP contribution is -1.96. The number of hydrogen-bond donors (Lipinski definition) is 2. The summed E-state index contributed by atoms with van der Waals surface area (Å²) in [6.45, 7) is 3.79. The molecule has 0 aliphatic heterocycles. The van der Waals surface area contributed by atoms with E-state index in [1.54, 1.807) is 13.1 Å². The highest BCUT2D eigenvalue weighted by Crippen LogP contribution is 2.31. The third-order valence-electron chi connectivity index (χ3n) is 3.06. The number of hydrogen-bond acceptors (Lipinski definition) is 4. The van der Waals surface area contributed by atoms with E-state index >= 15 is 0 Å². The molecule has 1 atom stereocenters. The monoisotopic (exact) mass is 285 g/mol. The predicted molar refractivity (Wildman–Crippen MR) is 79.8 cm³/mol. The minimum absolute atomic E-state index is 0.544. The standard InChI is InChI=1S/C15H15N3OS/c1-9-5-6-12-13(8-9)18-15(17-12)20-14-11(10(2)19)4-3-7-16-14/h3-8,10,19H,1-2H3,(H,17,18)/t10-/m0/s1. The number of H-pyrrole nitrogens is 1. The third kappa shape index (κ3) is 2.55. The van der Waals surface area contributed by atoms with Gasteiger partial charge in [0.05, 0.1) is 17.1 Å². The Morgan fingerprint density at radius 3 is 2.95 bits per heavy atom. The average molecular weight is 285 g/mol. The first-order valence-corrected chi connectivity index (χ1v) is 7.22. The molecule has 5 heteroatoms. The zero-order chi connectivity index (χ0) is 14.1. The molecule has 0 aliphatic rings. The van der Waals surface area contributed by atoms with Crippen molar-refractivity contribution < 1.29 is 5.11 Å². The largest absolute Gasteiger partial charge is 0.389 e.